The summed E-state index contributed by atoms with van der Waals surface area (Å²) in [4.78, 5) is 29.7. The highest BCUT2D eigenvalue weighted by Gasteiger charge is 2.31. The van der Waals surface area contributed by atoms with Crippen molar-refractivity contribution < 1.29 is 32.2 Å². The van der Waals surface area contributed by atoms with E-state index in [0.29, 0.717) is 59.9 Å². The fraction of sp³-hybridized carbons (Fsp3) is 0.259. The zero-order chi connectivity index (χ0) is 25.9. The summed E-state index contributed by atoms with van der Waals surface area (Å²) in [6.45, 7) is 1.33. The third-order valence-electron chi connectivity index (χ3n) is 6.13. The van der Waals surface area contributed by atoms with E-state index in [4.69, 9.17) is 9.47 Å². The molecule has 0 aromatic heterocycles. The summed E-state index contributed by atoms with van der Waals surface area (Å²) in [7, 11) is 3.02. The largest absolute Gasteiger partial charge is 0.497 e. The first-order valence-corrected chi connectivity index (χ1v) is 11.3. The third kappa shape index (κ3) is 5.30. The van der Waals surface area contributed by atoms with Gasteiger partial charge in [0.1, 0.15) is 11.5 Å². The zero-order valence-electron chi connectivity index (χ0n) is 19.8. The molecule has 1 aliphatic rings. The van der Waals surface area contributed by atoms with Crippen LogP contribution in [0.5, 0.6) is 11.5 Å². The van der Waals surface area contributed by atoms with Crippen molar-refractivity contribution in [3.63, 3.8) is 0 Å². The fourth-order valence-corrected chi connectivity index (χ4v) is 4.16. The van der Waals surface area contributed by atoms with Crippen molar-refractivity contribution in [3.05, 3.63) is 83.4 Å². The van der Waals surface area contributed by atoms with Crippen molar-refractivity contribution in [1.82, 2.24) is 9.80 Å². The Kier molecular flexibility index (Phi) is 7.19. The van der Waals surface area contributed by atoms with Crippen molar-refractivity contribution in [3.8, 4) is 22.6 Å². The van der Waals surface area contributed by atoms with E-state index in [9.17, 15) is 22.8 Å². The molecule has 1 heterocycles. The van der Waals surface area contributed by atoms with Gasteiger partial charge >= 0.3 is 6.18 Å². The lowest BCUT2D eigenvalue weighted by Crippen LogP contribution is -2.50. The monoisotopic (exact) mass is 498 g/mol. The van der Waals surface area contributed by atoms with Gasteiger partial charge in [-0.05, 0) is 41.5 Å². The smallest absolute Gasteiger partial charge is 0.416 e. The number of hydrogen-bond donors (Lipinski definition) is 0. The van der Waals surface area contributed by atoms with Crippen molar-refractivity contribution in [2.45, 2.75) is 6.18 Å². The van der Waals surface area contributed by atoms with Gasteiger partial charge in [0.05, 0.1) is 19.8 Å². The molecule has 3 aromatic carbocycles. The lowest BCUT2D eigenvalue weighted by atomic mass is 9.97. The average Bonchev–Trinajstić information content (AvgIpc) is 2.91. The highest BCUT2D eigenvalue weighted by Crippen LogP contribution is 2.32. The van der Waals surface area contributed by atoms with E-state index in [-0.39, 0.29) is 11.8 Å². The number of carbonyl (C=O) groups is 2. The van der Waals surface area contributed by atoms with Crippen LogP contribution >= 0.6 is 0 Å². The summed E-state index contributed by atoms with van der Waals surface area (Å²) in [6, 6.07) is 16.6. The molecule has 6 nitrogen and oxygen atoms in total. The minimum Gasteiger partial charge on any atom is -0.497 e. The van der Waals surface area contributed by atoms with Crippen LogP contribution in [-0.2, 0) is 6.18 Å². The summed E-state index contributed by atoms with van der Waals surface area (Å²) >= 11 is 0. The maximum atomic E-state index is 13.3. The molecule has 0 radical (unpaired) electrons. The van der Waals surface area contributed by atoms with Crippen LogP contribution in [0.3, 0.4) is 0 Å². The Bertz CT molecular complexity index is 1230. The number of alkyl halides is 3. The van der Waals surface area contributed by atoms with Crippen molar-refractivity contribution in [2.24, 2.45) is 0 Å². The molecule has 0 spiro atoms. The predicted molar refractivity (Wildman–Crippen MR) is 128 cm³/mol. The first kappa shape index (κ1) is 25.1. The normalized spacial score (nSPS) is 13.9. The van der Waals surface area contributed by atoms with Gasteiger partial charge in [-0.3, -0.25) is 9.59 Å². The number of carbonyl (C=O) groups excluding carboxylic acids is 2. The summed E-state index contributed by atoms with van der Waals surface area (Å²) in [5.74, 6) is 0.586. The highest BCUT2D eigenvalue weighted by molar-refractivity contribution is 6.01. The van der Waals surface area contributed by atoms with Crippen molar-refractivity contribution in [2.75, 3.05) is 40.4 Å². The predicted octanol–water partition coefficient (Wildman–Crippen LogP) is 4.99. The quantitative estimate of drug-likeness (QED) is 0.498. The van der Waals surface area contributed by atoms with Gasteiger partial charge in [-0.15, -0.1) is 0 Å². The number of piperazine rings is 1. The number of halogens is 3. The van der Waals surface area contributed by atoms with E-state index >= 15 is 0 Å². The Morgan fingerprint density at radius 2 is 1.28 bits per heavy atom. The molecule has 0 saturated carbocycles. The standard InChI is InChI=1S/C27H25F3N2O4/c1-35-21-15-19(16-22(17-21)36-2)25(33)31-11-13-32(14-12-31)26(34)24-6-4-3-5-23(24)18-7-9-20(10-8-18)27(28,29)30/h3-10,15-17H,11-14H2,1-2H3. The molecule has 1 saturated heterocycles. The average molecular weight is 499 g/mol. The first-order chi connectivity index (χ1) is 17.2. The van der Waals surface area contributed by atoms with Crippen LogP contribution in [-0.4, -0.2) is 62.0 Å². The van der Waals surface area contributed by atoms with Crippen LogP contribution < -0.4 is 9.47 Å². The summed E-state index contributed by atoms with van der Waals surface area (Å²) in [5, 5.41) is 0. The van der Waals surface area contributed by atoms with Crippen LogP contribution in [0, 0.1) is 0 Å². The van der Waals surface area contributed by atoms with Crippen LogP contribution in [0.1, 0.15) is 26.3 Å². The molecule has 0 aliphatic carbocycles. The molecule has 0 atom stereocenters. The highest BCUT2D eigenvalue weighted by atomic mass is 19.4. The van der Waals surface area contributed by atoms with Gasteiger partial charge in [0, 0.05) is 43.4 Å². The molecule has 188 valence electrons. The molecule has 1 aliphatic heterocycles. The second kappa shape index (κ2) is 10.3. The summed E-state index contributed by atoms with van der Waals surface area (Å²) < 4.78 is 49.3. The maximum absolute atomic E-state index is 13.3. The van der Waals surface area contributed by atoms with Gasteiger partial charge in [0.15, 0.2) is 0 Å². The zero-order valence-corrected chi connectivity index (χ0v) is 19.8. The van der Waals surface area contributed by atoms with Gasteiger partial charge < -0.3 is 19.3 Å². The number of nitrogens with zero attached hydrogens (tertiary/aromatic N) is 2. The van der Waals surface area contributed by atoms with E-state index in [1.165, 1.54) is 26.4 Å². The summed E-state index contributed by atoms with van der Waals surface area (Å²) in [6.07, 6.45) is -4.43. The molecule has 2 amide bonds. The lowest BCUT2D eigenvalue weighted by Gasteiger charge is -2.35. The van der Waals surface area contributed by atoms with Crippen LogP contribution in [0.4, 0.5) is 13.2 Å². The molecule has 0 unspecified atom stereocenters. The van der Waals surface area contributed by atoms with E-state index in [1.54, 1.807) is 52.3 Å². The number of benzene rings is 3. The Morgan fingerprint density at radius 3 is 1.81 bits per heavy atom. The maximum Gasteiger partial charge on any atom is 0.416 e. The van der Waals surface area contributed by atoms with Gasteiger partial charge in [0.25, 0.3) is 11.8 Å². The first-order valence-electron chi connectivity index (χ1n) is 11.3. The number of ether oxygens (including phenoxy) is 2. The molecule has 9 heteroatoms. The van der Waals surface area contributed by atoms with Crippen molar-refractivity contribution in [1.29, 1.82) is 0 Å². The lowest BCUT2D eigenvalue weighted by molar-refractivity contribution is -0.137. The van der Waals surface area contributed by atoms with Crippen LogP contribution in [0.15, 0.2) is 66.7 Å². The Hall–Kier alpha value is -4.01. The SMILES string of the molecule is COc1cc(OC)cc(C(=O)N2CCN(C(=O)c3ccccc3-c3ccc(C(F)(F)F)cc3)CC2)c1. The van der Waals surface area contributed by atoms with Gasteiger partial charge in [0.2, 0.25) is 0 Å². The van der Waals surface area contributed by atoms with E-state index < -0.39 is 11.7 Å². The number of rotatable bonds is 5. The molecule has 0 N–H and O–H groups in total. The van der Waals surface area contributed by atoms with E-state index in [1.807, 2.05) is 0 Å². The topological polar surface area (TPSA) is 59.1 Å². The Balaban J connectivity index is 1.48. The van der Waals surface area contributed by atoms with Gasteiger partial charge in [-0.1, -0.05) is 30.3 Å². The molecule has 0 bridgehead atoms. The molecular formula is C27H25F3N2O4. The minimum absolute atomic E-state index is 0.190. The molecule has 3 aromatic rings. The Labute approximate surface area is 206 Å². The number of amides is 2. The molecular weight excluding hydrogens is 473 g/mol. The second-order valence-corrected chi connectivity index (χ2v) is 8.31. The fourth-order valence-electron chi connectivity index (χ4n) is 4.16. The third-order valence-corrected chi connectivity index (χ3v) is 6.13. The van der Waals surface area contributed by atoms with E-state index in [2.05, 4.69) is 0 Å². The molecule has 4 rings (SSSR count). The summed E-state index contributed by atoms with van der Waals surface area (Å²) in [5.41, 5.74) is 1.16. The van der Waals surface area contributed by atoms with Crippen LogP contribution in [0.2, 0.25) is 0 Å². The molecule has 36 heavy (non-hydrogen) atoms. The van der Waals surface area contributed by atoms with Crippen molar-refractivity contribution >= 4 is 11.8 Å². The number of hydrogen-bond acceptors (Lipinski definition) is 4. The Morgan fingerprint density at radius 1 is 0.750 bits per heavy atom. The molecule has 1 fully saturated rings. The van der Waals surface area contributed by atoms with E-state index in [0.717, 1.165) is 12.1 Å². The van der Waals surface area contributed by atoms with Crippen LogP contribution in [0.25, 0.3) is 11.1 Å². The minimum atomic E-state index is -4.43. The number of methoxy groups -OCH3 is 2. The van der Waals surface area contributed by atoms with Gasteiger partial charge in [-0.25, -0.2) is 0 Å². The van der Waals surface area contributed by atoms with Gasteiger partial charge in [-0.2, -0.15) is 13.2 Å². The second-order valence-electron chi connectivity index (χ2n) is 8.31.